The van der Waals surface area contributed by atoms with E-state index in [1.807, 2.05) is 11.8 Å². The second-order valence-corrected chi connectivity index (χ2v) is 9.62. The number of rotatable bonds is 6. The molecule has 0 aliphatic carbocycles. The lowest BCUT2D eigenvalue weighted by molar-refractivity contribution is 1.08. The fourth-order valence-electron chi connectivity index (χ4n) is 3.95. The Kier molecular flexibility index (Phi) is 6.63. The van der Waals surface area contributed by atoms with Crippen molar-refractivity contribution in [3.63, 3.8) is 0 Å². The molecule has 4 aromatic carbocycles. The molecule has 0 aliphatic rings. The highest BCUT2D eigenvalue weighted by Gasteiger charge is 2.24. The summed E-state index contributed by atoms with van der Waals surface area (Å²) in [5.74, 6) is 0. The fourth-order valence-corrected chi connectivity index (χ4v) is 5.45. The minimum atomic E-state index is 0.257. The van der Waals surface area contributed by atoms with E-state index in [1.165, 1.54) is 44.5 Å². The van der Waals surface area contributed by atoms with Crippen molar-refractivity contribution in [3.8, 4) is 0 Å². The van der Waals surface area contributed by atoms with Crippen LogP contribution in [0, 0.1) is 27.7 Å². The first-order valence-electron chi connectivity index (χ1n) is 10.9. The van der Waals surface area contributed by atoms with Crippen molar-refractivity contribution in [2.45, 2.75) is 38.2 Å². The standard InChI is InChI=1S/C30H30S/c1-21-15-17-27(19-23(21)3)29(25-11-7-5-8-12-25)31-30(26-13-9-6-10-14-26)28-18-16-22(2)24(4)20-28/h5-20,29-30H,1-4H3. The number of aryl methyl sites for hydroxylation is 4. The topological polar surface area (TPSA) is 0 Å². The summed E-state index contributed by atoms with van der Waals surface area (Å²) in [7, 11) is 0. The predicted molar refractivity (Wildman–Crippen MR) is 136 cm³/mol. The fraction of sp³-hybridized carbons (Fsp3) is 0.200. The smallest absolute Gasteiger partial charge is 0.0556 e. The van der Waals surface area contributed by atoms with Crippen LogP contribution in [0.5, 0.6) is 0 Å². The van der Waals surface area contributed by atoms with Crippen LogP contribution in [0.2, 0.25) is 0 Å². The van der Waals surface area contributed by atoms with Gasteiger partial charge in [0, 0.05) is 0 Å². The van der Waals surface area contributed by atoms with Gasteiger partial charge < -0.3 is 0 Å². The van der Waals surface area contributed by atoms with Crippen LogP contribution in [0.4, 0.5) is 0 Å². The summed E-state index contributed by atoms with van der Waals surface area (Å²) in [6.07, 6.45) is 0. The minimum absolute atomic E-state index is 0.257. The molecule has 0 heterocycles. The van der Waals surface area contributed by atoms with Gasteiger partial charge >= 0.3 is 0 Å². The zero-order valence-corrected chi connectivity index (χ0v) is 19.6. The van der Waals surface area contributed by atoms with E-state index in [2.05, 4.69) is 125 Å². The van der Waals surface area contributed by atoms with Crippen LogP contribution in [0.25, 0.3) is 0 Å². The van der Waals surface area contributed by atoms with Gasteiger partial charge in [0.25, 0.3) is 0 Å². The molecular weight excluding hydrogens is 392 g/mol. The maximum absolute atomic E-state index is 2.36. The Bertz CT molecular complexity index is 1050. The highest BCUT2D eigenvalue weighted by atomic mass is 32.2. The zero-order valence-electron chi connectivity index (χ0n) is 18.8. The summed E-state index contributed by atoms with van der Waals surface area (Å²) < 4.78 is 0. The predicted octanol–water partition coefficient (Wildman–Crippen LogP) is 8.53. The lowest BCUT2D eigenvalue weighted by Crippen LogP contribution is -2.05. The molecule has 0 saturated heterocycles. The van der Waals surface area contributed by atoms with Crippen LogP contribution in [-0.2, 0) is 0 Å². The molecule has 0 nitrogen and oxygen atoms in total. The van der Waals surface area contributed by atoms with Gasteiger partial charge in [0.05, 0.1) is 10.5 Å². The summed E-state index contributed by atoms with van der Waals surface area (Å²) in [5, 5.41) is 0.514. The van der Waals surface area contributed by atoms with Crippen molar-refractivity contribution in [2.24, 2.45) is 0 Å². The average Bonchev–Trinajstić information content (AvgIpc) is 2.80. The van der Waals surface area contributed by atoms with Crippen molar-refractivity contribution in [3.05, 3.63) is 142 Å². The normalized spacial score (nSPS) is 13.0. The molecule has 0 fully saturated rings. The van der Waals surface area contributed by atoms with Gasteiger partial charge in [0.15, 0.2) is 0 Å². The van der Waals surface area contributed by atoms with Gasteiger partial charge in [-0.25, -0.2) is 0 Å². The molecule has 0 N–H and O–H groups in total. The van der Waals surface area contributed by atoms with Crippen LogP contribution in [0.15, 0.2) is 97.1 Å². The number of thioether (sulfide) groups is 1. The van der Waals surface area contributed by atoms with Gasteiger partial charge in [-0.1, -0.05) is 97.1 Å². The monoisotopic (exact) mass is 422 g/mol. The third-order valence-corrected chi connectivity index (χ3v) is 7.78. The van der Waals surface area contributed by atoms with Crippen molar-refractivity contribution in [1.29, 1.82) is 0 Å². The van der Waals surface area contributed by atoms with Gasteiger partial charge in [-0.15, -0.1) is 11.8 Å². The van der Waals surface area contributed by atoms with Gasteiger partial charge in [-0.3, -0.25) is 0 Å². The molecule has 4 rings (SSSR count). The van der Waals surface area contributed by atoms with E-state index in [9.17, 15) is 0 Å². The third-order valence-electron chi connectivity index (χ3n) is 6.14. The first-order valence-corrected chi connectivity index (χ1v) is 11.9. The van der Waals surface area contributed by atoms with Gasteiger partial charge in [-0.2, -0.15) is 0 Å². The van der Waals surface area contributed by atoms with Crippen LogP contribution < -0.4 is 0 Å². The van der Waals surface area contributed by atoms with E-state index >= 15 is 0 Å². The summed E-state index contributed by atoms with van der Waals surface area (Å²) in [6.45, 7) is 8.80. The summed E-state index contributed by atoms with van der Waals surface area (Å²) in [6, 6.07) is 35.7. The highest BCUT2D eigenvalue weighted by Crippen LogP contribution is 2.48. The minimum Gasteiger partial charge on any atom is -0.136 e. The Morgan fingerprint density at radius 1 is 0.419 bits per heavy atom. The molecule has 0 aliphatic heterocycles. The molecule has 0 saturated carbocycles. The Hall–Kier alpha value is -2.77. The van der Waals surface area contributed by atoms with E-state index in [0.717, 1.165) is 0 Å². The molecule has 31 heavy (non-hydrogen) atoms. The molecule has 4 aromatic rings. The van der Waals surface area contributed by atoms with Crippen molar-refractivity contribution < 1.29 is 0 Å². The number of hydrogen-bond acceptors (Lipinski definition) is 1. The van der Waals surface area contributed by atoms with Crippen LogP contribution >= 0.6 is 11.8 Å². The lowest BCUT2D eigenvalue weighted by atomic mass is 9.99. The SMILES string of the molecule is Cc1ccc(C(SC(c2ccccc2)c2ccc(C)c(C)c2)c2ccccc2)cc1C. The summed E-state index contributed by atoms with van der Waals surface area (Å²) in [4.78, 5) is 0. The van der Waals surface area contributed by atoms with Crippen LogP contribution in [-0.4, -0.2) is 0 Å². The van der Waals surface area contributed by atoms with Gasteiger partial charge in [0.2, 0.25) is 0 Å². The van der Waals surface area contributed by atoms with Crippen LogP contribution in [0.1, 0.15) is 55.0 Å². The van der Waals surface area contributed by atoms with Crippen LogP contribution in [0.3, 0.4) is 0 Å². The van der Waals surface area contributed by atoms with Gasteiger partial charge in [0.1, 0.15) is 0 Å². The molecule has 0 amide bonds. The summed E-state index contributed by atoms with van der Waals surface area (Å²) >= 11 is 2.03. The zero-order chi connectivity index (χ0) is 21.8. The second-order valence-electron chi connectivity index (χ2n) is 8.40. The van der Waals surface area contributed by atoms with E-state index in [1.54, 1.807) is 0 Å². The van der Waals surface area contributed by atoms with Crippen molar-refractivity contribution in [2.75, 3.05) is 0 Å². The quantitative estimate of drug-likeness (QED) is 0.300. The van der Waals surface area contributed by atoms with E-state index in [0.29, 0.717) is 0 Å². The first-order chi connectivity index (χ1) is 15.0. The van der Waals surface area contributed by atoms with Crippen molar-refractivity contribution in [1.82, 2.24) is 0 Å². The highest BCUT2D eigenvalue weighted by molar-refractivity contribution is 8.00. The molecule has 1 heteroatoms. The second kappa shape index (κ2) is 9.58. The van der Waals surface area contributed by atoms with E-state index in [-0.39, 0.29) is 10.5 Å². The Morgan fingerprint density at radius 3 is 1.16 bits per heavy atom. The Balaban J connectivity index is 1.82. The number of benzene rings is 4. The molecular formula is C30H30S. The Morgan fingerprint density at radius 2 is 0.806 bits per heavy atom. The average molecular weight is 423 g/mol. The molecule has 0 aromatic heterocycles. The molecule has 2 atom stereocenters. The lowest BCUT2D eigenvalue weighted by Gasteiger charge is -2.26. The Labute approximate surface area is 191 Å². The molecule has 156 valence electrons. The maximum Gasteiger partial charge on any atom is 0.0556 e. The van der Waals surface area contributed by atoms with E-state index in [4.69, 9.17) is 0 Å². The molecule has 0 spiro atoms. The van der Waals surface area contributed by atoms with Crippen molar-refractivity contribution >= 4 is 11.8 Å². The first kappa shape index (κ1) is 21.5. The largest absolute Gasteiger partial charge is 0.136 e. The summed E-state index contributed by atoms with van der Waals surface area (Å²) in [5.41, 5.74) is 10.8. The number of hydrogen-bond donors (Lipinski definition) is 0. The van der Waals surface area contributed by atoms with E-state index < -0.39 is 0 Å². The van der Waals surface area contributed by atoms with Gasteiger partial charge in [-0.05, 0) is 72.2 Å². The molecule has 0 radical (unpaired) electrons. The molecule has 2 unspecified atom stereocenters. The third kappa shape index (κ3) is 4.94. The maximum atomic E-state index is 2.36. The molecule has 0 bridgehead atoms.